The van der Waals surface area contributed by atoms with E-state index in [0.29, 0.717) is 31.6 Å². The first kappa shape index (κ1) is 14.3. The molecule has 2 N–H and O–H groups in total. The van der Waals surface area contributed by atoms with Crippen molar-refractivity contribution in [1.82, 2.24) is 14.7 Å². The lowest BCUT2D eigenvalue weighted by molar-refractivity contribution is -0.145. The highest BCUT2D eigenvalue weighted by Gasteiger charge is 2.23. The number of urea groups is 1. The molecule has 2 amide bonds. The van der Waals surface area contributed by atoms with Gasteiger partial charge in [0.25, 0.3) is 0 Å². The average Bonchev–Trinajstić information content (AvgIpc) is 2.82. The van der Waals surface area contributed by atoms with E-state index in [1.54, 1.807) is 29.0 Å². The van der Waals surface area contributed by atoms with Crippen LogP contribution in [0.15, 0.2) is 12.4 Å². The van der Waals surface area contributed by atoms with Gasteiger partial charge in [0.2, 0.25) is 0 Å². The van der Waals surface area contributed by atoms with Crippen LogP contribution in [0.5, 0.6) is 0 Å². The summed E-state index contributed by atoms with van der Waals surface area (Å²) < 4.78 is 6.84. The van der Waals surface area contributed by atoms with Gasteiger partial charge in [-0.1, -0.05) is 0 Å². The number of rotatable bonds is 4. The molecule has 1 aliphatic rings. The smallest absolute Gasteiger partial charge is 0.329 e. The van der Waals surface area contributed by atoms with Crippen molar-refractivity contribution in [3.05, 3.63) is 12.4 Å². The van der Waals surface area contributed by atoms with Crippen LogP contribution in [0.25, 0.3) is 0 Å². The van der Waals surface area contributed by atoms with Crippen molar-refractivity contribution < 1.29 is 19.4 Å². The maximum Gasteiger partial charge on any atom is 0.329 e. The molecule has 8 nitrogen and oxygen atoms in total. The molecule has 20 heavy (non-hydrogen) atoms. The number of carbonyl (C=O) groups excluding carboxylic acids is 1. The molecular formula is C12H18N4O4. The topological polar surface area (TPSA) is 96.7 Å². The van der Waals surface area contributed by atoms with E-state index >= 15 is 0 Å². The fraction of sp³-hybridized carbons (Fsp3) is 0.583. The number of nitrogens with one attached hydrogen (secondary N) is 1. The summed E-state index contributed by atoms with van der Waals surface area (Å²) in [5.41, 5.74) is 0.654. The molecule has 0 aromatic carbocycles. The molecule has 1 aromatic heterocycles. The Morgan fingerprint density at radius 3 is 2.75 bits per heavy atom. The predicted octanol–water partition coefficient (Wildman–Crippen LogP) is 0.518. The number of anilines is 1. The molecule has 1 saturated heterocycles. The first-order valence-electron chi connectivity index (χ1n) is 6.42. The Balaban J connectivity index is 1.75. The van der Waals surface area contributed by atoms with Crippen molar-refractivity contribution in [3.63, 3.8) is 0 Å². The molecule has 8 heteroatoms. The molecule has 1 fully saturated rings. The molecule has 0 aliphatic carbocycles. The van der Waals surface area contributed by atoms with Crippen molar-refractivity contribution in [1.29, 1.82) is 0 Å². The SMILES string of the molecule is Cn1cc(NC(=O)N2CCC(OCC(=O)O)CC2)cn1. The Morgan fingerprint density at radius 1 is 1.50 bits per heavy atom. The Bertz CT molecular complexity index is 480. The summed E-state index contributed by atoms with van der Waals surface area (Å²) in [4.78, 5) is 24.1. The molecule has 0 spiro atoms. The van der Waals surface area contributed by atoms with E-state index in [0.717, 1.165) is 0 Å². The molecular weight excluding hydrogens is 264 g/mol. The number of aryl methyl sites for hydroxylation is 1. The van der Waals surface area contributed by atoms with E-state index < -0.39 is 5.97 Å². The Kier molecular flexibility index (Phi) is 4.57. The minimum atomic E-state index is -0.971. The van der Waals surface area contributed by atoms with Crippen molar-refractivity contribution in [3.8, 4) is 0 Å². The second kappa shape index (κ2) is 6.38. The molecule has 2 rings (SSSR count). The van der Waals surface area contributed by atoms with Gasteiger partial charge in [-0.25, -0.2) is 9.59 Å². The molecule has 0 atom stereocenters. The van der Waals surface area contributed by atoms with Crippen LogP contribution in [0, 0.1) is 0 Å². The zero-order valence-corrected chi connectivity index (χ0v) is 11.3. The van der Waals surface area contributed by atoms with Crippen LogP contribution < -0.4 is 5.32 Å². The van der Waals surface area contributed by atoms with Gasteiger partial charge in [-0.05, 0) is 12.8 Å². The monoisotopic (exact) mass is 282 g/mol. The minimum absolute atomic E-state index is 0.0893. The average molecular weight is 282 g/mol. The van der Waals surface area contributed by atoms with Crippen LogP contribution >= 0.6 is 0 Å². The normalized spacial score (nSPS) is 16.1. The molecule has 1 aromatic rings. The summed E-state index contributed by atoms with van der Waals surface area (Å²) in [5.74, 6) is -0.971. The van der Waals surface area contributed by atoms with Gasteiger partial charge < -0.3 is 20.1 Å². The third kappa shape index (κ3) is 3.95. The number of carbonyl (C=O) groups is 2. The van der Waals surface area contributed by atoms with E-state index in [2.05, 4.69) is 10.4 Å². The lowest BCUT2D eigenvalue weighted by atomic mass is 10.1. The fourth-order valence-electron chi connectivity index (χ4n) is 2.10. The van der Waals surface area contributed by atoms with Crippen LogP contribution in [0.1, 0.15) is 12.8 Å². The van der Waals surface area contributed by atoms with Crippen LogP contribution in [0.4, 0.5) is 10.5 Å². The highest BCUT2D eigenvalue weighted by molar-refractivity contribution is 5.89. The molecule has 0 bridgehead atoms. The molecule has 110 valence electrons. The summed E-state index contributed by atoms with van der Waals surface area (Å²) in [6.07, 6.45) is 4.51. The van der Waals surface area contributed by atoms with Crippen molar-refractivity contribution in [2.24, 2.45) is 7.05 Å². The molecule has 1 aliphatic heterocycles. The van der Waals surface area contributed by atoms with Crippen LogP contribution in [-0.2, 0) is 16.6 Å². The number of carboxylic acid groups (broad SMARTS) is 1. The number of aromatic nitrogens is 2. The van der Waals surface area contributed by atoms with E-state index in [-0.39, 0.29) is 18.7 Å². The Hall–Kier alpha value is -2.09. The van der Waals surface area contributed by atoms with E-state index in [1.165, 1.54) is 0 Å². The van der Waals surface area contributed by atoms with Crippen LogP contribution in [0.2, 0.25) is 0 Å². The lowest BCUT2D eigenvalue weighted by Crippen LogP contribution is -2.43. The maximum atomic E-state index is 12.0. The zero-order valence-electron chi connectivity index (χ0n) is 11.3. The number of carboxylic acids is 1. The number of nitrogens with zero attached hydrogens (tertiary/aromatic N) is 3. The number of aliphatic carboxylic acids is 1. The van der Waals surface area contributed by atoms with Crippen LogP contribution in [0.3, 0.4) is 0 Å². The lowest BCUT2D eigenvalue weighted by Gasteiger charge is -2.31. The third-order valence-electron chi connectivity index (χ3n) is 3.13. The molecule has 2 heterocycles. The van der Waals surface area contributed by atoms with E-state index in [4.69, 9.17) is 9.84 Å². The number of hydrogen-bond donors (Lipinski definition) is 2. The number of ether oxygens (including phenoxy) is 1. The van der Waals surface area contributed by atoms with Crippen LogP contribution in [-0.4, -0.2) is 57.6 Å². The summed E-state index contributed by atoms with van der Waals surface area (Å²) in [5, 5.41) is 15.3. The van der Waals surface area contributed by atoms with E-state index in [9.17, 15) is 9.59 Å². The summed E-state index contributed by atoms with van der Waals surface area (Å²) >= 11 is 0. The number of hydrogen-bond acceptors (Lipinski definition) is 4. The van der Waals surface area contributed by atoms with Crippen molar-refractivity contribution in [2.75, 3.05) is 25.0 Å². The van der Waals surface area contributed by atoms with Crippen molar-refractivity contribution >= 4 is 17.7 Å². The number of amides is 2. The van der Waals surface area contributed by atoms with Gasteiger partial charge in [-0.2, -0.15) is 5.10 Å². The van der Waals surface area contributed by atoms with Gasteiger partial charge in [0.1, 0.15) is 6.61 Å². The second-order valence-corrected chi connectivity index (χ2v) is 4.72. The predicted molar refractivity (Wildman–Crippen MR) is 70.4 cm³/mol. The summed E-state index contributed by atoms with van der Waals surface area (Å²) in [6.45, 7) is 0.819. The first-order valence-corrected chi connectivity index (χ1v) is 6.42. The first-order chi connectivity index (χ1) is 9.54. The fourth-order valence-corrected chi connectivity index (χ4v) is 2.10. The summed E-state index contributed by atoms with van der Waals surface area (Å²) in [7, 11) is 1.78. The maximum absolute atomic E-state index is 12.0. The molecule has 0 radical (unpaired) electrons. The number of piperidine rings is 1. The van der Waals surface area contributed by atoms with Gasteiger partial charge in [-0.3, -0.25) is 4.68 Å². The minimum Gasteiger partial charge on any atom is -0.480 e. The number of likely N-dealkylation sites (tertiary alicyclic amines) is 1. The highest BCUT2D eigenvalue weighted by Crippen LogP contribution is 2.15. The van der Waals surface area contributed by atoms with Gasteiger partial charge in [-0.15, -0.1) is 0 Å². The third-order valence-corrected chi connectivity index (χ3v) is 3.13. The quantitative estimate of drug-likeness (QED) is 0.839. The molecule has 0 saturated carbocycles. The Labute approximate surface area is 116 Å². The summed E-state index contributed by atoms with van der Waals surface area (Å²) in [6, 6.07) is -0.172. The molecule has 0 unspecified atom stereocenters. The highest BCUT2D eigenvalue weighted by atomic mass is 16.5. The van der Waals surface area contributed by atoms with Gasteiger partial charge >= 0.3 is 12.0 Å². The largest absolute Gasteiger partial charge is 0.480 e. The van der Waals surface area contributed by atoms with Gasteiger partial charge in [0.15, 0.2) is 0 Å². The van der Waals surface area contributed by atoms with Gasteiger partial charge in [0, 0.05) is 26.3 Å². The standard InChI is InChI=1S/C12H18N4O4/c1-15-7-9(6-13-15)14-12(19)16-4-2-10(3-5-16)20-8-11(17)18/h6-7,10H,2-5,8H2,1H3,(H,14,19)(H,17,18). The Morgan fingerprint density at radius 2 is 2.20 bits per heavy atom. The van der Waals surface area contributed by atoms with Gasteiger partial charge in [0.05, 0.1) is 18.0 Å². The zero-order chi connectivity index (χ0) is 14.5. The van der Waals surface area contributed by atoms with E-state index in [1.807, 2.05) is 0 Å². The van der Waals surface area contributed by atoms with Crippen molar-refractivity contribution in [2.45, 2.75) is 18.9 Å². The second-order valence-electron chi connectivity index (χ2n) is 4.72.